The Morgan fingerprint density at radius 2 is 1.32 bits per heavy atom. The van der Waals surface area contributed by atoms with Gasteiger partial charge in [0.15, 0.2) is 0 Å². The minimum atomic E-state index is -0.0378. The van der Waals surface area contributed by atoms with E-state index < -0.39 is 0 Å². The summed E-state index contributed by atoms with van der Waals surface area (Å²) < 4.78 is 0. The number of nitrogens with zero attached hydrogens (tertiary/aromatic N) is 2. The van der Waals surface area contributed by atoms with Crippen LogP contribution >= 0.6 is 0 Å². The lowest BCUT2D eigenvalue weighted by atomic mass is 10.2. The molecule has 1 heterocycles. The molecule has 0 aliphatic carbocycles. The van der Waals surface area contributed by atoms with E-state index in [1.807, 2.05) is 12.1 Å². The predicted octanol–water partition coefficient (Wildman–Crippen LogP) is 2.97. The van der Waals surface area contributed by atoms with Crippen molar-refractivity contribution in [3.63, 3.8) is 0 Å². The first-order chi connectivity index (χ1) is 10.7. The molecule has 0 radical (unpaired) electrons. The highest BCUT2D eigenvalue weighted by Gasteiger charge is 2.17. The summed E-state index contributed by atoms with van der Waals surface area (Å²) >= 11 is 0. The summed E-state index contributed by atoms with van der Waals surface area (Å²) in [5.74, 6) is -0.0378. The molecule has 1 aliphatic heterocycles. The molecule has 0 atom stereocenters. The Bertz CT molecular complexity index is 617. The van der Waals surface area contributed by atoms with E-state index in [0.29, 0.717) is 0 Å². The summed E-state index contributed by atoms with van der Waals surface area (Å²) in [5, 5.41) is 2.80. The van der Waals surface area contributed by atoms with Crippen molar-refractivity contribution in [3.05, 3.63) is 54.6 Å². The van der Waals surface area contributed by atoms with Crippen LogP contribution in [0.15, 0.2) is 54.6 Å². The van der Waals surface area contributed by atoms with Gasteiger partial charge in [-0.1, -0.05) is 18.2 Å². The van der Waals surface area contributed by atoms with Gasteiger partial charge in [-0.25, -0.2) is 0 Å². The Hall–Kier alpha value is -2.49. The zero-order chi connectivity index (χ0) is 15.4. The predicted molar refractivity (Wildman–Crippen MR) is 91.6 cm³/mol. The van der Waals surface area contributed by atoms with Crippen LogP contribution in [0.5, 0.6) is 0 Å². The lowest BCUT2D eigenvalue weighted by Gasteiger charge is -2.37. The standard InChI is InChI=1S/C18H21N3O/c1-15(22)19-16-7-9-18(10-8-16)21-13-11-20(12-14-21)17-5-3-2-4-6-17/h2-10H,11-14H2,1H3,(H,19,22). The number of amides is 1. The van der Waals surface area contributed by atoms with Gasteiger partial charge in [-0.2, -0.15) is 0 Å². The second-order valence-corrected chi connectivity index (χ2v) is 5.54. The van der Waals surface area contributed by atoms with Gasteiger partial charge in [-0.05, 0) is 36.4 Å². The molecule has 4 nitrogen and oxygen atoms in total. The van der Waals surface area contributed by atoms with Gasteiger partial charge in [0.25, 0.3) is 0 Å². The molecule has 3 rings (SSSR count). The first-order valence-corrected chi connectivity index (χ1v) is 7.65. The molecular weight excluding hydrogens is 274 g/mol. The summed E-state index contributed by atoms with van der Waals surface area (Å²) in [6.45, 7) is 5.59. The molecule has 114 valence electrons. The quantitative estimate of drug-likeness (QED) is 0.945. The maximum Gasteiger partial charge on any atom is 0.221 e. The number of para-hydroxylation sites is 1. The fourth-order valence-electron chi connectivity index (χ4n) is 2.82. The summed E-state index contributed by atoms with van der Waals surface area (Å²) in [6.07, 6.45) is 0. The van der Waals surface area contributed by atoms with Crippen LogP contribution in [0, 0.1) is 0 Å². The fraction of sp³-hybridized carbons (Fsp3) is 0.278. The lowest BCUT2D eigenvalue weighted by molar-refractivity contribution is -0.114. The number of benzene rings is 2. The highest BCUT2D eigenvalue weighted by atomic mass is 16.1. The third-order valence-electron chi connectivity index (χ3n) is 3.95. The molecule has 1 saturated heterocycles. The summed E-state index contributed by atoms with van der Waals surface area (Å²) in [4.78, 5) is 15.8. The summed E-state index contributed by atoms with van der Waals surface area (Å²) in [7, 11) is 0. The molecule has 1 amide bonds. The zero-order valence-corrected chi connectivity index (χ0v) is 12.8. The van der Waals surface area contributed by atoms with Crippen LogP contribution in [0.1, 0.15) is 6.92 Å². The van der Waals surface area contributed by atoms with Crippen LogP contribution in [0.2, 0.25) is 0 Å². The SMILES string of the molecule is CC(=O)Nc1ccc(N2CCN(c3ccccc3)CC2)cc1. The van der Waals surface area contributed by atoms with Gasteiger partial charge in [0.2, 0.25) is 5.91 Å². The molecule has 1 N–H and O–H groups in total. The smallest absolute Gasteiger partial charge is 0.221 e. The van der Waals surface area contributed by atoms with Crippen LogP contribution in [0.25, 0.3) is 0 Å². The molecule has 2 aromatic carbocycles. The molecular formula is C18H21N3O. The number of rotatable bonds is 3. The van der Waals surface area contributed by atoms with Gasteiger partial charge in [0.1, 0.15) is 0 Å². The van der Waals surface area contributed by atoms with E-state index in [9.17, 15) is 4.79 Å². The van der Waals surface area contributed by atoms with E-state index in [2.05, 4.69) is 57.6 Å². The molecule has 0 aromatic heterocycles. The Labute approximate surface area is 131 Å². The van der Waals surface area contributed by atoms with Gasteiger partial charge in [0.05, 0.1) is 0 Å². The molecule has 0 saturated carbocycles. The summed E-state index contributed by atoms with van der Waals surface area (Å²) in [5.41, 5.74) is 3.35. The van der Waals surface area contributed by atoms with Gasteiger partial charge in [-0.3, -0.25) is 4.79 Å². The van der Waals surface area contributed by atoms with Crippen molar-refractivity contribution in [2.24, 2.45) is 0 Å². The first kappa shape index (κ1) is 14.4. The van der Waals surface area contributed by atoms with Crippen LogP contribution < -0.4 is 15.1 Å². The van der Waals surface area contributed by atoms with Gasteiger partial charge in [-0.15, -0.1) is 0 Å². The van der Waals surface area contributed by atoms with Crippen LogP contribution in [-0.4, -0.2) is 32.1 Å². The number of anilines is 3. The van der Waals surface area contributed by atoms with Crippen molar-refractivity contribution in [1.82, 2.24) is 0 Å². The second-order valence-electron chi connectivity index (χ2n) is 5.54. The monoisotopic (exact) mass is 295 g/mol. The molecule has 22 heavy (non-hydrogen) atoms. The van der Waals surface area contributed by atoms with E-state index >= 15 is 0 Å². The first-order valence-electron chi connectivity index (χ1n) is 7.65. The molecule has 0 bridgehead atoms. The second kappa shape index (κ2) is 6.52. The van der Waals surface area contributed by atoms with Crippen molar-refractivity contribution >= 4 is 23.0 Å². The van der Waals surface area contributed by atoms with E-state index in [0.717, 1.165) is 31.9 Å². The van der Waals surface area contributed by atoms with Crippen LogP contribution in [0.3, 0.4) is 0 Å². The van der Waals surface area contributed by atoms with Gasteiger partial charge in [0, 0.05) is 50.2 Å². The highest BCUT2D eigenvalue weighted by molar-refractivity contribution is 5.88. The Balaban J connectivity index is 1.60. The number of carbonyl (C=O) groups excluding carboxylic acids is 1. The van der Waals surface area contributed by atoms with Crippen molar-refractivity contribution in [2.45, 2.75) is 6.92 Å². The minimum absolute atomic E-state index is 0.0378. The molecule has 1 fully saturated rings. The van der Waals surface area contributed by atoms with Crippen molar-refractivity contribution in [1.29, 1.82) is 0 Å². The average molecular weight is 295 g/mol. The number of hydrogen-bond acceptors (Lipinski definition) is 3. The topological polar surface area (TPSA) is 35.6 Å². The van der Waals surface area contributed by atoms with E-state index in [-0.39, 0.29) is 5.91 Å². The molecule has 2 aromatic rings. The van der Waals surface area contributed by atoms with Crippen molar-refractivity contribution in [3.8, 4) is 0 Å². The third kappa shape index (κ3) is 3.39. The molecule has 0 spiro atoms. The normalized spacial score (nSPS) is 14.8. The number of piperazine rings is 1. The average Bonchev–Trinajstić information content (AvgIpc) is 2.56. The largest absolute Gasteiger partial charge is 0.368 e. The van der Waals surface area contributed by atoms with Crippen molar-refractivity contribution in [2.75, 3.05) is 41.3 Å². The Morgan fingerprint density at radius 1 is 0.818 bits per heavy atom. The fourth-order valence-corrected chi connectivity index (χ4v) is 2.82. The van der Waals surface area contributed by atoms with Gasteiger partial charge >= 0.3 is 0 Å². The molecule has 0 unspecified atom stereocenters. The van der Waals surface area contributed by atoms with Gasteiger partial charge < -0.3 is 15.1 Å². The van der Waals surface area contributed by atoms with E-state index in [1.165, 1.54) is 18.3 Å². The van der Waals surface area contributed by atoms with Crippen LogP contribution in [-0.2, 0) is 4.79 Å². The third-order valence-corrected chi connectivity index (χ3v) is 3.95. The summed E-state index contributed by atoms with van der Waals surface area (Å²) in [6, 6.07) is 18.6. The Morgan fingerprint density at radius 3 is 1.82 bits per heavy atom. The van der Waals surface area contributed by atoms with Crippen LogP contribution in [0.4, 0.5) is 17.1 Å². The number of carbonyl (C=O) groups is 1. The number of nitrogens with one attached hydrogen (secondary N) is 1. The Kier molecular flexibility index (Phi) is 4.28. The maximum absolute atomic E-state index is 11.0. The highest BCUT2D eigenvalue weighted by Crippen LogP contribution is 2.22. The maximum atomic E-state index is 11.0. The van der Waals surface area contributed by atoms with Crippen molar-refractivity contribution < 1.29 is 4.79 Å². The van der Waals surface area contributed by atoms with E-state index in [4.69, 9.17) is 0 Å². The minimum Gasteiger partial charge on any atom is -0.368 e. The number of hydrogen-bond donors (Lipinski definition) is 1. The zero-order valence-electron chi connectivity index (χ0n) is 12.8. The molecule has 1 aliphatic rings. The van der Waals surface area contributed by atoms with E-state index in [1.54, 1.807) is 0 Å². The molecule has 4 heteroatoms. The lowest BCUT2D eigenvalue weighted by Crippen LogP contribution is -2.46.